The minimum absolute atomic E-state index is 0.492. The highest BCUT2D eigenvalue weighted by atomic mass is 35.5. The van der Waals surface area contributed by atoms with E-state index in [4.69, 9.17) is 23.2 Å². The molecule has 100 valence electrons. The second-order valence-corrected chi connectivity index (χ2v) is 5.76. The van der Waals surface area contributed by atoms with E-state index in [1.54, 1.807) is 6.07 Å². The Balaban J connectivity index is 2.17. The topological polar surface area (TPSA) is 12.0 Å². The molecule has 0 spiro atoms. The van der Waals surface area contributed by atoms with E-state index in [9.17, 15) is 0 Å². The van der Waals surface area contributed by atoms with Gasteiger partial charge in [-0.25, -0.2) is 0 Å². The maximum absolute atomic E-state index is 6.02. The fourth-order valence-corrected chi connectivity index (χ4v) is 2.38. The van der Waals surface area contributed by atoms with Gasteiger partial charge in [0.1, 0.15) is 0 Å². The average molecular weight is 294 g/mol. The van der Waals surface area contributed by atoms with Crippen LogP contribution in [0.25, 0.3) is 11.1 Å². The molecule has 0 aromatic heterocycles. The van der Waals surface area contributed by atoms with Gasteiger partial charge in [0.15, 0.2) is 0 Å². The smallest absolute Gasteiger partial charge is 0.0426 e. The molecule has 19 heavy (non-hydrogen) atoms. The number of rotatable bonds is 4. The van der Waals surface area contributed by atoms with E-state index in [1.807, 2.05) is 12.1 Å². The van der Waals surface area contributed by atoms with E-state index in [0.717, 1.165) is 17.7 Å². The van der Waals surface area contributed by atoms with Crippen molar-refractivity contribution in [3.8, 4) is 11.1 Å². The van der Waals surface area contributed by atoms with Gasteiger partial charge in [-0.1, -0.05) is 61.3 Å². The summed E-state index contributed by atoms with van der Waals surface area (Å²) in [6, 6.07) is 14.5. The van der Waals surface area contributed by atoms with Gasteiger partial charge in [-0.2, -0.15) is 0 Å². The highest BCUT2D eigenvalue weighted by molar-refractivity contribution is 6.35. The van der Waals surface area contributed by atoms with Crippen LogP contribution in [0.5, 0.6) is 0 Å². The third-order valence-electron chi connectivity index (χ3n) is 2.86. The Bertz CT molecular complexity index is 527. The van der Waals surface area contributed by atoms with Gasteiger partial charge in [-0.3, -0.25) is 0 Å². The molecule has 0 atom stereocenters. The van der Waals surface area contributed by atoms with Gasteiger partial charge in [-0.15, -0.1) is 0 Å². The lowest BCUT2D eigenvalue weighted by Gasteiger charge is -2.09. The largest absolute Gasteiger partial charge is 0.310 e. The fourth-order valence-electron chi connectivity index (χ4n) is 1.86. The molecule has 3 heteroatoms. The lowest BCUT2D eigenvalue weighted by molar-refractivity contribution is 0.589. The zero-order valence-electron chi connectivity index (χ0n) is 11.1. The third-order valence-corrected chi connectivity index (χ3v) is 3.30. The standard InChI is InChI=1S/C16H17Cl2N/c1-11(2)19-10-12-3-5-13(6-4-12)14-7-15(17)9-16(18)8-14/h3-9,11,19H,10H2,1-2H3. The molecule has 0 saturated carbocycles. The summed E-state index contributed by atoms with van der Waals surface area (Å²) in [6.45, 7) is 5.17. The van der Waals surface area contributed by atoms with Crippen LogP contribution in [0.1, 0.15) is 19.4 Å². The molecule has 1 nitrogen and oxygen atoms in total. The van der Waals surface area contributed by atoms with E-state index >= 15 is 0 Å². The Morgan fingerprint density at radius 3 is 2.00 bits per heavy atom. The maximum atomic E-state index is 6.02. The van der Waals surface area contributed by atoms with Crippen molar-refractivity contribution in [2.45, 2.75) is 26.4 Å². The van der Waals surface area contributed by atoms with Crippen molar-refractivity contribution in [2.75, 3.05) is 0 Å². The third kappa shape index (κ3) is 4.24. The maximum Gasteiger partial charge on any atom is 0.0426 e. The Morgan fingerprint density at radius 1 is 0.895 bits per heavy atom. The van der Waals surface area contributed by atoms with Gasteiger partial charge < -0.3 is 5.32 Å². The van der Waals surface area contributed by atoms with Crippen molar-refractivity contribution >= 4 is 23.2 Å². The monoisotopic (exact) mass is 293 g/mol. The normalized spacial score (nSPS) is 11.0. The first kappa shape index (κ1) is 14.4. The summed E-state index contributed by atoms with van der Waals surface area (Å²) in [5, 5.41) is 4.72. The van der Waals surface area contributed by atoms with Crippen molar-refractivity contribution in [1.82, 2.24) is 5.32 Å². The van der Waals surface area contributed by atoms with Crippen molar-refractivity contribution in [1.29, 1.82) is 0 Å². The van der Waals surface area contributed by atoms with Gasteiger partial charge in [0.05, 0.1) is 0 Å². The molecule has 0 saturated heterocycles. The van der Waals surface area contributed by atoms with Crippen LogP contribution in [0.4, 0.5) is 0 Å². The average Bonchev–Trinajstić information content (AvgIpc) is 2.36. The minimum Gasteiger partial charge on any atom is -0.310 e. The molecule has 0 bridgehead atoms. The Kier molecular flexibility index (Phi) is 4.87. The number of benzene rings is 2. The van der Waals surface area contributed by atoms with Crippen LogP contribution in [0, 0.1) is 0 Å². The van der Waals surface area contributed by atoms with Crippen LogP contribution in [-0.4, -0.2) is 6.04 Å². The van der Waals surface area contributed by atoms with Crippen molar-refractivity contribution < 1.29 is 0 Å². The molecule has 0 aliphatic carbocycles. The van der Waals surface area contributed by atoms with Gasteiger partial charge in [0.2, 0.25) is 0 Å². The Morgan fingerprint density at radius 2 is 1.47 bits per heavy atom. The second-order valence-electron chi connectivity index (χ2n) is 4.89. The fraction of sp³-hybridized carbons (Fsp3) is 0.250. The molecule has 2 rings (SSSR count). The summed E-state index contributed by atoms with van der Waals surface area (Å²) in [5.74, 6) is 0. The molecule has 0 radical (unpaired) electrons. The van der Waals surface area contributed by atoms with Crippen LogP contribution in [0.3, 0.4) is 0 Å². The molecule has 2 aromatic rings. The van der Waals surface area contributed by atoms with Crippen molar-refractivity contribution in [3.63, 3.8) is 0 Å². The van der Waals surface area contributed by atoms with Gasteiger partial charge in [-0.05, 0) is 34.9 Å². The van der Waals surface area contributed by atoms with E-state index < -0.39 is 0 Å². The first-order valence-electron chi connectivity index (χ1n) is 6.33. The number of halogens is 2. The summed E-state index contributed by atoms with van der Waals surface area (Å²) in [6.07, 6.45) is 0. The Hall–Kier alpha value is -1.02. The molecule has 0 heterocycles. The lowest BCUT2D eigenvalue weighted by atomic mass is 10.0. The van der Waals surface area contributed by atoms with Crippen LogP contribution < -0.4 is 5.32 Å². The van der Waals surface area contributed by atoms with Gasteiger partial charge in [0.25, 0.3) is 0 Å². The lowest BCUT2D eigenvalue weighted by Crippen LogP contribution is -2.21. The van der Waals surface area contributed by atoms with Crippen LogP contribution in [0.2, 0.25) is 10.0 Å². The Labute approximate surface area is 124 Å². The first-order chi connectivity index (χ1) is 9.04. The highest BCUT2D eigenvalue weighted by Crippen LogP contribution is 2.27. The predicted octanol–water partition coefficient (Wildman–Crippen LogP) is 5.16. The van der Waals surface area contributed by atoms with E-state index in [-0.39, 0.29) is 0 Å². The summed E-state index contributed by atoms with van der Waals surface area (Å²) in [5.41, 5.74) is 3.43. The molecule has 2 aromatic carbocycles. The second kappa shape index (κ2) is 6.42. The highest BCUT2D eigenvalue weighted by Gasteiger charge is 2.02. The van der Waals surface area contributed by atoms with E-state index in [1.165, 1.54) is 5.56 Å². The van der Waals surface area contributed by atoms with Crippen LogP contribution in [0.15, 0.2) is 42.5 Å². The van der Waals surface area contributed by atoms with Crippen LogP contribution in [-0.2, 0) is 6.54 Å². The summed E-state index contributed by atoms with van der Waals surface area (Å²) in [7, 11) is 0. The zero-order chi connectivity index (χ0) is 13.8. The van der Waals surface area contributed by atoms with Gasteiger partial charge >= 0.3 is 0 Å². The van der Waals surface area contributed by atoms with E-state index in [2.05, 4.69) is 43.4 Å². The molecule has 0 fully saturated rings. The number of hydrogen-bond donors (Lipinski definition) is 1. The molecule has 0 aliphatic rings. The van der Waals surface area contributed by atoms with Crippen LogP contribution >= 0.6 is 23.2 Å². The predicted molar refractivity (Wildman–Crippen MR) is 83.9 cm³/mol. The number of hydrogen-bond acceptors (Lipinski definition) is 1. The van der Waals surface area contributed by atoms with Crippen molar-refractivity contribution in [3.05, 3.63) is 58.1 Å². The minimum atomic E-state index is 0.492. The summed E-state index contributed by atoms with van der Waals surface area (Å²) < 4.78 is 0. The van der Waals surface area contributed by atoms with Crippen molar-refractivity contribution in [2.24, 2.45) is 0 Å². The number of nitrogens with one attached hydrogen (secondary N) is 1. The zero-order valence-corrected chi connectivity index (χ0v) is 12.6. The van der Waals surface area contributed by atoms with E-state index in [0.29, 0.717) is 16.1 Å². The summed E-state index contributed by atoms with van der Waals surface area (Å²) >= 11 is 12.0. The molecular formula is C16H17Cl2N. The van der Waals surface area contributed by atoms with Gasteiger partial charge in [0, 0.05) is 22.6 Å². The summed E-state index contributed by atoms with van der Waals surface area (Å²) in [4.78, 5) is 0. The molecule has 1 N–H and O–H groups in total. The molecular weight excluding hydrogens is 277 g/mol. The SMILES string of the molecule is CC(C)NCc1ccc(-c2cc(Cl)cc(Cl)c2)cc1. The molecule has 0 amide bonds. The first-order valence-corrected chi connectivity index (χ1v) is 7.09. The quantitative estimate of drug-likeness (QED) is 0.821. The molecule has 0 aliphatic heterocycles. The molecule has 0 unspecified atom stereocenters.